The van der Waals surface area contributed by atoms with Crippen molar-refractivity contribution in [3.8, 4) is 0 Å². The topological polar surface area (TPSA) is 82.7 Å². The predicted molar refractivity (Wildman–Crippen MR) is 61.0 cm³/mol. The maximum Gasteiger partial charge on any atom is 0.312 e. The minimum absolute atomic E-state index is 0.0126. The van der Waals surface area contributed by atoms with Crippen molar-refractivity contribution >= 4 is 5.69 Å². The summed E-state index contributed by atoms with van der Waals surface area (Å²) in [4.78, 5) is 10.6. The van der Waals surface area contributed by atoms with Gasteiger partial charge in [-0.25, -0.2) is 0 Å². The highest BCUT2D eigenvalue weighted by Gasteiger charge is 2.61. The zero-order valence-electron chi connectivity index (χ0n) is 10.5. The summed E-state index contributed by atoms with van der Waals surface area (Å²) in [7, 11) is 1.69. The number of aromatic nitrogens is 2. The van der Waals surface area contributed by atoms with Gasteiger partial charge in [0.25, 0.3) is 0 Å². The Labute approximate surface area is 104 Å². The van der Waals surface area contributed by atoms with Gasteiger partial charge in [0.05, 0.1) is 17.6 Å². The van der Waals surface area contributed by atoms with Crippen LogP contribution in [-0.4, -0.2) is 33.0 Å². The number of fused-ring (bicyclic) bond motifs is 1. The quantitative estimate of drug-likeness (QED) is 0.449. The predicted octanol–water partition coefficient (Wildman–Crippen LogP) is 1.19. The third kappa shape index (κ3) is 1.47. The summed E-state index contributed by atoms with van der Waals surface area (Å²) < 4.78 is 12.9. The lowest BCUT2D eigenvalue weighted by atomic mass is 9.88. The summed E-state index contributed by atoms with van der Waals surface area (Å²) in [5.41, 5.74) is 0.326. The molecule has 4 atom stereocenters. The van der Waals surface area contributed by atoms with Gasteiger partial charge in [0.15, 0.2) is 0 Å². The lowest BCUT2D eigenvalue weighted by Crippen LogP contribution is -2.34. The molecule has 0 amide bonds. The van der Waals surface area contributed by atoms with Crippen molar-refractivity contribution in [2.75, 3.05) is 6.61 Å². The van der Waals surface area contributed by atoms with Crippen molar-refractivity contribution in [2.24, 2.45) is 13.0 Å². The first-order valence-electron chi connectivity index (χ1n) is 5.90. The Morgan fingerprint density at radius 3 is 3.06 bits per heavy atom. The number of ether oxygens (including phenoxy) is 2. The Balaban J connectivity index is 1.96. The molecule has 98 valence electrons. The highest BCUT2D eigenvalue weighted by molar-refractivity contribution is 5.36. The minimum Gasteiger partial charge on any atom is -0.368 e. The monoisotopic (exact) mass is 253 g/mol. The molecule has 0 bridgehead atoms. The van der Waals surface area contributed by atoms with Crippen LogP contribution in [-0.2, 0) is 16.5 Å². The lowest BCUT2D eigenvalue weighted by Gasteiger charge is -2.28. The Morgan fingerprint density at radius 1 is 1.67 bits per heavy atom. The van der Waals surface area contributed by atoms with Crippen LogP contribution in [0.5, 0.6) is 0 Å². The molecule has 2 fully saturated rings. The van der Waals surface area contributed by atoms with E-state index in [-0.39, 0.29) is 29.4 Å². The molecule has 0 saturated carbocycles. The second kappa shape index (κ2) is 3.52. The smallest absolute Gasteiger partial charge is 0.312 e. The third-order valence-electron chi connectivity index (χ3n) is 3.88. The van der Waals surface area contributed by atoms with E-state index in [1.807, 2.05) is 13.8 Å². The minimum atomic E-state index is -0.417. The molecule has 1 aromatic heterocycles. The molecule has 0 radical (unpaired) electrons. The van der Waals surface area contributed by atoms with Gasteiger partial charge in [-0.2, -0.15) is 5.10 Å². The summed E-state index contributed by atoms with van der Waals surface area (Å²) in [5.74, 6) is 0.0813. The van der Waals surface area contributed by atoms with Gasteiger partial charge in [-0.05, 0) is 6.92 Å². The van der Waals surface area contributed by atoms with Gasteiger partial charge in [-0.3, -0.25) is 14.8 Å². The standard InChI is InChI=1S/C11H15N3O4/c1-6-9(17-5-11(2)10(6)18-11)8-7(14(15)16)4-12-13(8)3/h4,6,9-10H,5H2,1-3H3. The van der Waals surface area contributed by atoms with Crippen LogP contribution in [0.3, 0.4) is 0 Å². The van der Waals surface area contributed by atoms with E-state index in [0.29, 0.717) is 12.3 Å². The van der Waals surface area contributed by atoms with Gasteiger partial charge < -0.3 is 9.47 Å². The maximum absolute atomic E-state index is 11.0. The summed E-state index contributed by atoms with van der Waals surface area (Å²) in [5, 5.41) is 15.0. The normalized spacial score (nSPS) is 38.3. The number of rotatable bonds is 2. The number of hydrogen-bond acceptors (Lipinski definition) is 5. The molecular weight excluding hydrogens is 238 g/mol. The van der Waals surface area contributed by atoms with E-state index in [1.54, 1.807) is 7.05 Å². The molecule has 1 aromatic rings. The molecule has 2 aliphatic heterocycles. The van der Waals surface area contributed by atoms with Crippen LogP contribution in [0, 0.1) is 16.0 Å². The Bertz CT molecular complexity index is 514. The zero-order valence-corrected chi connectivity index (χ0v) is 10.5. The largest absolute Gasteiger partial charge is 0.368 e. The van der Waals surface area contributed by atoms with Crippen molar-refractivity contribution in [1.29, 1.82) is 0 Å². The molecule has 0 spiro atoms. The second-order valence-corrected chi connectivity index (χ2v) is 5.24. The van der Waals surface area contributed by atoms with Crippen molar-refractivity contribution in [3.63, 3.8) is 0 Å². The Morgan fingerprint density at radius 2 is 2.39 bits per heavy atom. The third-order valence-corrected chi connectivity index (χ3v) is 3.88. The van der Waals surface area contributed by atoms with Crippen LogP contribution in [0.25, 0.3) is 0 Å². The molecule has 7 nitrogen and oxygen atoms in total. The fourth-order valence-electron chi connectivity index (χ4n) is 2.84. The van der Waals surface area contributed by atoms with Crippen molar-refractivity contribution in [2.45, 2.75) is 31.7 Å². The zero-order chi connectivity index (χ0) is 13.1. The Hall–Kier alpha value is -1.47. The first kappa shape index (κ1) is 11.6. The SMILES string of the molecule is CC1C(c2c([N+](=O)[O-])cnn2C)OCC2(C)OC12. The molecule has 18 heavy (non-hydrogen) atoms. The van der Waals surface area contributed by atoms with Crippen LogP contribution in [0.2, 0.25) is 0 Å². The van der Waals surface area contributed by atoms with Crippen LogP contribution in [0.1, 0.15) is 25.6 Å². The van der Waals surface area contributed by atoms with E-state index < -0.39 is 4.92 Å². The van der Waals surface area contributed by atoms with E-state index in [4.69, 9.17) is 9.47 Å². The van der Waals surface area contributed by atoms with Crippen LogP contribution >= 0.6 is 0 Å². The van der Waals surface area contributed by atoms with Crippen LogP contribution in [0.4, 0.5) is 5.69 Å². The number of aryl methyl sites for hydroxylation is 1. The van der Waals surface area contributed by atoms with Gasteiger partial charge in [0.2, 0.25) is 0 Å². The average molecular weight is 253 g/mol. The van der Waals surface area contributed by atoms with E-state index in [0.717, 1.165) is 0 Å². The summed E-state index contributed by atoms with van der Waals surface area (Å²) in [6, 6.07) is 0. The lowest BCUT2D eigenvalue weighted by molar-refractivity contribution is -0.386. The molecule has 0 N–H and O–H groups in total. The number of hydrogen-bond donors (Lipinski definition) is 0. The fourth-order valence-corrected chi connectivity index (χ4v) is 2.84. The van der Waals surface area contributed by atoms with E-state index in [2.05, 4.69) is 5.10 Å². The molecule has 7 heteroatoms. The van der Waals surface area contributed by atoms with Gasteiger partial charge >= 0.3 is 5.69 Å². The van der Waals surface area contributed by atoms with E-state index >= 15 is 0 Å². The number of nitrogens with zero attached hydrogens (tertiary/aromatic N) is 3. The molecule has 0 aliphatic carbocycles. The van der Waals surface area contributed by atoms with Crippen molar-refractivity contribution in [1.82, 2.24) is 9.78 Å². The van der Waals surface area contributed by atoms with Crippen LogP contribution in [0.15, 0.2) is 6.20 Å². The first-order valence-corrected chi connectivity index (χ1v) is 5.90. The maximum atomic E-state index is 11.0. The molecule has 4 unspecified atom stereocenters. The van der Waals surface area contributed by atoms with Gasteiger partial charge in [-0.1, -0.05) is 6.92 Å². The van der Waals surface area contributed by atoms with Crippen molar-refractivity contribution in [3.05, 3.63) is 22.0 Å². The number of epoxide rings is 1. The Kier molecular flexibility index (Phi) is 2.27. The van der Waals surface area contributed by atoms with Crippen LogP contribution < -0.4 is 0 Å². The second-order valence-electron chi connectivity index (χ2n) is 5.24. The van der Waals surface area contributed by atoms with Crippen molar-refractivity contribution < 1.29 is 14.4 Å². The summed E-state index contributed by atoms with van der Waals surface area (Å²) in [6.45, 7) is 4.47. The molecule has 2 aliphatic rings. The van der Waals surface area contributed by atoms with Gasteiger partial charge in [0, 0.05) is 13.0 Å². The highest BCUT2D eigenvalue weighted by Crippen LogP contribution is 2.51. The highest BCUT2D eigenvalue weighted by atomic mass is 16.6. The molecule has 3 heterocycles. The average Bonchev–Trinajstić information content (AvgIpc) is 2.85. The van der Waals surface area contributed by atoms with E-state index in [1.165, 1.54) is 10.9 Å². The molecule has 3 rings (SSSR count). The van der Waals surface area contributed by atoms with E-state index in [9.17, 15) is 10.1 Å². The van der Waals surface area contributed by atoms with Gasteiger partial charge in [0.1, 0.15) is 23.6 Å². The molecule has 2 saturated heterocycles. The number of nitro groups is 1. The van der Waals surface area contributed by atoms with Gasteiger partial charge in [-0.15, -0.1) is 0 Å². The molecular formula is C11H15N3O4. The first-order chi connectivity index (χ1) is 8.44. The summed E-state index contributed by atoms with van der Waals surface area (Å²) >= 11 is 0. The fraction of sp³-hybridized carbons (Fsp3) is 0.727. The summed E-state index contributed by atoms with van der Waals surface area (Å²) in [6.07, 6.45) is 1.05. The molecule has 0 aromatic carbocycles.